The number of hydrogen-bond donors (Lipinski definition) is 0. The molecule has 0 spiro atoms. The molecule has 0 heterocycles. The van der Waals surface area contributed by atoms with Crippen molar-refractivity contribution in [3.05, 3.63) is 76.3 Å². The molecule has 4 heteroatoms. The highest BCUT2D eigenvalue weighted by molar-refractivity contribution is 9.10. The van der Waals surface area contributed by atoms with Gasteiger partial charge in [0, 0.05) is 0 Å². The first-order chi connectivity index (χ1) is 10.7. The Kier molecular flexibility index (Phi) is 3.90. The van der Waals surface area contributed by atoms with Crippen LogP contribution in [0.1, 0.15) is 15.9 Å². The summed E-state index contributed by atoms with van der Waals surface area (Å²) in [7, 11) is 0. The predicted molar refractivity (Wildman–Crippen MR) is 87.8 cm³/mol. The van der Waals surface area contributed by atoms with Crippen LogP contribution in [0.25, 0.3) is 10.8 Å². The number of esters is 1. The number of halogens is 1. The summed E-state index contributed by atoms with van der Waals surface area (Å²) >= 11 is 3.48. The van der Waals surface area contributed by atoms with E-state index in [1.54, 1.807) is 24.3 Å². The number of nitriles is 1. The van der Waals surface area contributed by atoms with Gasteiger partial charge in [-0.2, -0.15) is 5.26 Å². The van der Waals surface area contributed by atoms with Gasteiger partial charge in [-0.15, -0.1) is 0 Å². The Morgan fingerprint density at radius 2 is 1.86 bits per heavy atom. The van der Waals surface area contributed by atoms with Crippen LogP contribution < -0.4 is 4.74 Å². The van der Waals surface area contributed by atoms with E-state index >= 15 is 0 Å². The van der Waals surface area contributed by atoms with Crippen molar-refractivity contribution in [2.75, 3.05) is 0 Å². The van der Waals surface area contributed by atoms with Crippen molar-refractivity contribution < 1.29 is 9.53 Å². The summed E-state index contributed by atoms with van der Waals surface area (Å²) in [6, 6.07) is 19.9. The number of rotatable bonds is 2. The number of nitrogens with zero attached hydrogens (tertiary/aromatic N) is 1. The van der Waals surface area contributed by atoms with Crippen molar-refractivity contribution in [3.8, 4) is 11.8 Å². The lowest BCUT2D eigenvalue weighted by Gasteiger charge is -2.09. The first kappa shape index (κ1) is 14.3. The van der Waals surface area contributed by atoms with E-state index in [9.17, 15) is 4.79 Å². The zero-order chi connectivity index (χ0) is 15.5. The van der Waals surface area contributed by atoms with E-state index < -0.39 is 5.97 Å². The zero-order valence-electron chi connectivity index (χ0n) is 11.4. The lowest BCUT2D eigenvalue weighted by atomic mass is 10.1. The summed E-state index contributed by atoms with van der Waals surface area (Å²) < 4.78 is 6.18. The van der Waals surface area contributed by atoms with Gasteiger partial charge >= 0.3 is 5.97 Å². The Hall–Kier alpha value is -2.64. The standard InChI is InChI=1S/C18H10BrNO2/c19-17-15-7-2-1-5-13(15)8-9-16(17)22-18(21)14-6-3-4-12(10-14)11-20/h1-10H. The summed E-state index contributed by atoms with van der Waals surface area (Å²) in [5, 5.41) is 10.9. The third-order valence-corrected chi connectivity index (χ3v) is 4.08. The number of hydrogen-bond acceptors (Lipinski definition) is 3. The molecule has 3 aromatic carbocycles. The highest BCUT2D eigenvalue weighted by Crippen LogP contribution is 2.33. The van der Waals surface area contributed by atoms with Crippen LogP contribution in [0.3, 0.4) is 0 Å². The molecule has 0 aromatic heterocycles. The molecule has 3 rings (SSSR count). The SMILES string of the molecule is N#Cc1cccc(C(=O)Oc2ccc3ccccc3c2Br)c1. The monoisotopic (exact) mass is 351 g/mol. The molecular formula is C18H10BrNO2. The summed E-state index contributed by atoms with van der Waals surface area (Å²) in [5.41, 5.74) is 0.770. The van der Waals surface area contributed by atoms with Gasteiger partial charge in [-0.05, 0) is 51.0 Å². The van der Waals surface area contributed by atoms with Gasteiger partial charge in [0.1, 0.15) is 5.75 Å². The van der Waals surface area contributed by atoms with Crippen LogP contribution in [0.2, 0.25) is 0 Å². The lowest BCUT2D eigenvalue weighted by molar-refractivity contribution is 0.0734. The zero-order valence-corrected chi connectivity index (χ0v) is 13.0. The average molecular weight is 352 g/mol. The van der Waals surface area contributed by atoms with E-state index in [-0.39, 0.29) is 0 Å². The molecule has 3 aromatic rings. The highest BCUT2D eigenvalue weighted by atomic mass is 79.9. The number of ether oxygens (including phenoxy) is 1. The molecule has 0 bridgehead atoms. The van der Waals surface area contributed by atoms with Crippen molar-refractivity contribution in [1.82, 2.24) is 0 Å². The van der Waals surface area contributed by atoms with Crippen LogP contribution in [0.15, 0.2) is 65.1 Å². The summed E-state index contributed by atoms with van der Waals surface area (Å²) in [6.07, 6.45) is 0. The number of fused-ring (bicyclic) bond motifs is 1. The molecule has 0 amide bonds. The fraction of sp³-hybridized carbons (Fsp3) is 0. The Labute approximate surface area is 135 Å². The van der Waals surface area contributed by atoms with Gasteiger partial charge in [0.25, 0.3) is 0 Å². The predicted octanol–water partition coefficient (Wildman–Crippen LogP) is 4.69. The smallest absolute Gasteiger partial charge is 0.343 e. The molecule has 0 atom stereocenters. The van der Waals surface area contributed by atoms with Crippen molar-refractivity contribution in [2.24, 2.45) is 0 Å². The van der Waals surface area contributed by atoms with Crippen molar-refractivity contribution in [2.45, 2.75) is 0 Å². The van der Waals surface area contributed by atoms with Gasteiger partial charge in [0.05, 0.1) is 21.7 Å². The van der Waals surface area contributed by atoms with Crippen molar-refractivity contribution in [3.63, 3.8) is 0 Å². The molecule has 22 heavy (non-hydrogen) atoms. The van der Waals surface area contributed by atoms with Gasteiger partial charge in [-0.3, -0.25) is 0 Å². The maximum atomic E-state index is 12.2. The van der Waals surface area contributed by atoms with Crippen LogP contribution in [0.4, 0.5) is 0 Å². The molecule has 0 fully saturated rings. The maximum absolute atomic E-state index is 12.2. The Morgan fingerprint density at radius 3 is 2.68 bits per heavy atom. The highest BCUT2D eigenvalue weighted by Gasteiger charge is 2.13. The van der Waals surface area contributed by atoms with Gasteiger partial charge in [0.2, 0.25) is 0 Å². The van der Waals surface area contributed by atoms with Crippen molar-refractivity contribution in [1.29, 1.82) is 5.26 Å². The maximum Gasteiger partial charge on any atom is 0.343 e. The molecule has 0 aliphatic heterocycles. The Bertz CT molecular complexity index is 912. The van der Waals surface area contributed by atoms with Crippen LogP contribution >= 0.6 is 15.9 Å². The molecule has 0 saturated heterocycles. The summed E-state index contributed by atoms with van der Waals surface area (Å²) in [5.74, 6) is -0.0425. The number of carbonyl (C=O) groups is 1. The third kappa shape index (κ3) is 2.72. The second-order valence-corrected chi connectivity index (χ2v) is 5.47. The lowest BCUT2D eigenvalue weighted by Crippen LogP contribution is -2.09. The van der Waals surface area contributed by atoms with Gasteiger partial charge in [-0.1, -0.05) is 36.4 Å². The second kappa shape index (κ2) is 6.00. The molecule has 0 radical (unpaired) electrons. The molecule has 3 nitrogen and oxygen atoms in total. The van der Waals surface area contributed by atoms with Gasteiger partial charge in [-0.25, -0.2) is 4.79 Å². The fourth-order valence-corrected chi connectivity index (χ4v) is 2.74. The molecule has 0 aliphatic carbocycles. The third-order valence-electron chi connectivity index (χ3n) is 3.26. The minimum atomic E-state index is -0.493. The molecule has 106 valence electrons. The summed E-state index contributed by atoms with van der Waals surface area (Å²) in [6.45, 7) is 0. The molecule has 0 aliphatic rings. The molecular weight excluding hydrogens is 342 g/mol. The normalized spacial score (nSPS) is 10.2. The second-order valence-electron chi connectivity index (χ2n) is 4.68. The van der Waals surface area contributed by atoms with Crippen LogP contribution in [0.5, 0.6) is 5.75 Å². The molecule has 0 N–H and O–H groups in total. The average Bonchev–Trinajstić information content (AvgIpc) is 2.57. The number of carbonyl (C=O) groups excluding carboxylic acids is 1. The first-order valence-corrected chi connectivity index (χ1v) is 7.38. The van der Waals surface area contributed by atoms with E-state index in [0.29, 0.717) is 16.9 Å². The Morgan fingerprint density at radius 1 is 1.05 bits per heavy atom. The topological polar surface area (TPSA) is 50.1 Å². The minimum Gasteiger partial charge on any atom is -0.422 e. The van der Waals surface area contributed by atoms with Crippen LogP contribution in [0, 0.1) is 11.3 Å². The summed E-state index contributed by atoms with van der Waals surface area (Å²) in [4.78, 5) is 12.2. The Balaban J connectivity index is 1.94. The first-order valence-electron chi connectivity index (χ1n) is 6.58. The molecule has 0 unspecified atom stereocenters. The molecule has 0 saturated carbocycles. The fourth-order valence-electron chi connectivity index (χ4n) is 2.17. The number of benzene rings is 3. The van der Waals surface area contributed by atoms with E-state index in [2.05, 4.69) is 15.9 Å². The largest absolute Gasteiger partial charge is 0.422 e. The van der Waals surface area contributed by atoms with E-state index in [4.69, 9.17) is 10.00 Å². The quantitative estimate of drug-likeness (QED) is 0.496. The van der Waals surface area contributed by atoms with E-state index in [0.717, 1.165) is 15.2 Å². The van der Waals surface area contributed by atoms with Gasteiger partial charge in [0.15, 0.2) is 0 Å². The van der Waals surface area contributed by atoms with Crippen LogP contribution in [-0.2, 0) is 0 Å². The van der Waals surface area contributed by atoms with Crippen LogP contribution in [-0.4, -0.2) is 5.97 Å². The van der Waals surface area contributed by atoms with Crippen molar-refractivity contribution >= 4 is 32.7 Å². The van der Waals surface area contributed by atoms with E-state index in [1.165, 1.54) is 6.07 Å². The minimum absolute atomic E-state index is 0.346. The van der Waals surface area contributed by atoms with E-state index in [1.807, 2.05) is 36.4 Å². The van der Waals surface area contributed by atoms with Gasteiger partial charge < -0.3 is 4.74 Å².